The van der Waals surface area contributed by atoms with Gasteiger partial charge in [-0.1, -0.05) is 24.3 Å². The van der Waals surface area contributed by atoms with Crippen molar-refractivity contribution in [3.8, 4) is 0 Å². The van der Waals surface area contributed by atoms with Gasteiger partial charge in [0.05, 0.1) is 0 Å². The maximum atomic E-state index is 13.0. The predicted octanol–water partition coefficient (Wildman–Crippen LogP) is 3.15. The van der Waals surface area contributed by atoms with Gasteiger partial charge in [0.15, 0.2) is 0 Å². The Kier molecular flexibility index (Phi) is 2.84. The number of rotatable bonds is 0. The summed E-state index contributed by atoms with van der Waals surface area (Å²) in [6, 6.07) is 4.78. The van der Waals surface area contributed by atoms with E-state index in [9.17, 15) is 26.3 Å². The normalized spacial score (nSPS) is 19.4. The summed E-state index contributed by atoms with van der Waals surface area (Å²) in [5.41, 5.74) is -4.64. The highest BCUT2D eigenvalue weighted by molar-refractivity contribution is 5.39. The highest BCUT2D eigenvalue weighted by Gasteiger charge is 2.72. The first-order valence-corrected chi connectivity index (χ1v) is 5.17. The molecule has 7 heteroatoms. The van der Waals surface area contributed by atoms with Gasteiger partial charge in [-0.25, -0.2) is 0 Å². The molecule has 2 rings (SSSR count). The molecular weight excluding hydrogens is 260 g/mol. The molecule has 1 N–H and O–H groups in total. The van der Waals surface area contributed by atoms with Crippen LogP contribution in [0, 0.1) is 0 Å². The Morgan fingerprint density at radius 3 is 2.06 bits per heavy atom. The average Bonchev–Trinajstić information content (AvgIpc) is 2.25. The summed E-state index contributed by atoms with van der Waals surface area (Å²) in [6.45, 7) is -0.365. The molecule has 0 aromatic heterocycles. The maximum Gasteiger partial charge on any atom is 0.419 e. The Labute approximate surface area is 98.8 Å². The van der Waals surface area contributed by atoms with Crippen LogP contribution in [0.25, 0.3) is 0 Å². The zero-order valence-electron chi connectivity index (χ0n) is 8.99. The number of halogens is 6. The van der Waals surface area contributed by atoms with Crippen molar-refractivity contribution < 1.29 is 26.3 Å². The Bertz CT molecular complexity index is 434. The first-order valence-electron chi connectivity index (χ1n) is 5.17. The van der Waals surface area contributed by atoms with Gasteiger partial charge in [-0.3, -0.25) is 5.32 Å². The lowest BCUT2D eigenvalue weighted by Crippen LogP contribution is -2.65. The van der Waals surface area contributed by atoms with Gasteiger partial charge in [0.2, 0.25) is 5.54 Å². The van der Waals surface area contributed by atoms with Crippen molar-refractivity contribution in [1.82, 2.24) is 5.32 Å². The predicted molar refractivity (Wildman–Crippen MR) is 51.9 cm³/mol. The number of alkyl halides is 6. The molecular formula is C11H9F6N. The van der Waals surface area contributed by atoms with Crippen LogP contribution in [0.1, 0.15) is 11.1 Å². The van der Waals surface area contributed by atoms with Crippen LogP contribution in [0.2, 0.25) is 0 Å². The minimum Gasteiger partial charge on any atom is -0.292 e. The topological polar surface area (TPSA) is 12.0 Å². The highest BCUT2D eigenvalue weighted by atomic mass is 19.4. The number of hydrogen-bond acceptors (Lipinski definition) is 1. The molecule has 0 atom stereocenters. The first-order chi connectivity index (χ1) is 8.20. The molecule has 1 aliphatic rings. The summed E-state index contributed by atoms with van der Waals surface area (Å²) in [5, 5.41) is 1.62. The van der Waals surface area contributed by atoms with Crippen molar-refractivity contribution in [2.45, 2.75) is 24.3 Å². The molecule has 100 valence electrons. The fourth-order valence-corrected chi connectivity index (χ4v) is 2.25. The van der Waals surface area contributed by atoms with E-state index in [1.54, 1.807) is 5.32 Å². The Morgan fingerprint density at radius 1 is 0.944 bits per heavy atom. The van der Waals surface area contributed by atoms with Crippen molar-refractivity contribution in [1.29, 1.82) is 0 Å². The minimum atomic E-state index is -5.44. The summed E-state index contributed by atoms with van der Waals surface area (Å²) in [6.07, 6.45) is -10.7. The van der Waals surface area contributed by atoms with Crippen molar-refractivity contribution >= 4 is 0 Å². The van der Waals surface area contributed by atoms with E-state index in [1.807, 2.05) is 0 Å². The number of hydrogen-bond donors (Lipinski definition) is 1. The second-order valence-corrected chi connectivity index (χ2v) is 4.08. The van der Waals surface area contributed by atoms with Crippen LogP contribution in [0.15, 0.2) is 24.3 Å². The van der Waals surface area contributed by atoms with E-state index < -0.39 is 23.5 Å². The van der Waals surface area contributed by atoms with Crippen molar-refractivity contribution in [2.24, 2.45) is 0 Å². The molecule has 0 fully saturated rings. The molecule has 1 heterocycles. The van der Waals surface area contributed by atoms with E-state index in [0.717, 1.165) is 6.07 Å². The van der Waals surface area contributed by atoms with Gasteiger partial charge in [-0.2, -0.15) is 26.3 Å². The molecule has 18 heavy (non-hydrogen) atoms. The average molecular weight is 269 g/mol. The molecule has 0 saturated carbocycles. The van der Waals surface area contributed by atoms with Crippen LogP contribution in [-0.4, -0.2) is 18.9 Å². The third-order valence-electron chi connectivity index (χ3n) is 3.06. The lowest BCUT2D eigenvalue weighted by Gasteiger charge is -2.42. The fourth-order valence-electron chi connectivity index (χ4n) is 2.25. The molecule has 0 saturated heterocycles. The zero-order chi connectivity index (χ0) is 13.6. The van der Waals surface area contributed by atoms with Gasteiger partial charge < -0.3 is 0 Å². The molecule has 1 aliphatic heterocycles. The Balaban J connectivity index is 2.72. The lowest BCUT2D eigenvalue weighted by molar-refractivity contribution is -0.315. The molecule has 1 aromatic carbocycles. The molecule has 0 radical (unpaired) electrons. The number of nitrogens with one attached hydrogen (secondary N) is 1. The fraction of sp³-hybridized carbons (Fsp3) is 0.455. The molecule has 0 unspecified atom stereocenters. The third-order valence-corrected chi connectivity index (χ3v) is 3.06. The largest absolute Gasteiger partial charge is 0.419 e. The van der Waals surface area contributed by atoms with E-state index in [-0.39, 0.29) is 18.5 Å². The van der Waals surface area contributed by atoms with E-state index in [1.165, 1.54) is 18.2 Å². The third kappa shape index (κ3) is 1.68. The first kappa shape index (κ1) is 13.2. The van der Waals surface area contributed by atoms with E-state index >= 15 is 0 Å². The van der Waals surface area contributed by atoms with E-state index in [4.69, 9.17) is 0 Å². The minimum absolute atomic E-state index is 0.0749. The monoisotopic (exact) mass is 269 g/mol. The second-order valence-electron chi connectivity index (χ2n) is 4.08. The Morgan fingerprint density at radius 2 is 1.50 bits per heavy atom. The van der Waals surface area contributed by atoms with Crippen LogP contribution in [0.4, 0.5) is 26.3 Å². The Hall–Kier alpha value is -1.24. The van der Waals surface area contributed by atoms with Crippen molar-refractivity contribution in [3.05, 3.63) is 35.4 Å². The van der Waals surface area contributed by atoms with E-state index in [2.05, 4.69) is 0 Å². The summed E-state index contributed by atoms with van der Waals surface area (Å²) in [5.74, 6) is 0. The number of benzene rings is 1. The number of fused-ring (bicyclic) bond motifs is 1. The maximum absolute atomic E-state index is 13.0. The van der Waals surface area contributed by atoms with Gasteiger partial charge in [-0.05, 0) is 17.5 Å². The molecule has 1 nitrogen and oxygen atoms in total. The molecule has 0 spiro atoms. The second kappa shape index (κ2) is 3.88. The summed E-state index contributed by atoms with van der Waals surface area (Å²) in [4.78, 5) is 0. The highest BCUT2D eigenvalue weighted by Crippen LogP contribution is 2.52. The summed E-state index contributed by atoms with van der Waals surface area (Å²) < 4.78 is 77.9. The summed E-state index contributed by atoms with van der Waals surface area (Å²) in [7, 11) is 0. The summed E-state index contributed by atoms with van der Waals surface area (Å²) >= 11 is 0. The van der Waals surface area contributed by atoms with Gasteiger partial charge in [0.1, 0.15) is 0 Å². The van der Waals surface area contributed by atoms with Crippen molar-refractivity contribution in [3.63, 3.8) is 0 Å². The van der Waals surface area contributed by atoms with Crippen LogP contribution in [0.3, 0.4) is 0 Å². The van der Waals surface area contributed by atoms with Crippen LogP contribution in [-0.2, 0) is 12.0 Å². The smallest absolute Gasteiger partial charge is 0.292 e. The molecule has 0 aliphatic carbocycles. The molecule has 0 bridgehead atoms. The zero-order valence-corrected chi connectivity index (χ0v) is 8.99. The van der Waals surface area contributed by atoms with Crippen LogP contribution in [0.5, 0.6) is 0 Å². The van der Waals surface area contributed by atoms with E-state index in [0.29, 0.717) is 0 Å². The van der Waals surface area contributed by atoms with Crippen LogP contribution >= 0.6 is 0 Å². The van der Waals surface area contributed by atoms with Crippen LogP contribution < -0.4 is 5.32 Å². The van der Waals surface area contributed by atoms with Gasteiger partial charge in [-0.15, -0.1) is 0 Å². The SMILES string of the molecule is FC(F)(F)C1(C(F)(F)F)NCCc2ccccc21. The van der Waals surface area contributed by atoms with Crippen molar-refractivity contribution in [2.75, 3.05) is 6.54 Å². The standard InChI is InChI=1S/C11H9F6N/c12-10(13,14)9(11(15,16)17)8-4-2-1-3-7(8)5-6-18-9/h1-4,18H,5-6H2. The quantitative estimate of drug-likeness (QED) is 0.713. The lowest BCUT2D eigenvalue weighted by atomic mass is 9.81. The van der Waals surface area contributed by atoms with Gasteiger partial charge >= 0.3 is 12.4 Å². The van der Waals surface area contributed by atoms with Gasteiger partial charge in [0.25, 0.3) is 0 Å². The van der Waals surface area contributed by atoms with Gasteiger partial charge in [0, 0.05) is 6.54 Å². The molecule has 0 amide bonds. The molecule has 1 aromatic rings.